The predicted octanol–water partition coefficient (Wildman–Crippen LogP) is 6.99. The Labute approximate surface area is 203 Å². The Balaban J connectivity index is 1.24. The van der Waals surface area contributed by atoms with Crippen LogP contribution >= 0.6 is 0 Å². The van der Waals surface area contributed by atoms with Gasteiger partial charge in [-0.25, -0.2) is 5.32 Å². The molecule has 0 aliphatic rings. The van der Waals surface area contributed by atoms with Crippen LogP contribution < -0.4 is 10.1 Å². The Bertz CT molecular complexity index is 1270. The topological polar surface area (TPSA) is 23.3 Å². The van der Waals surface area contributed by atoms with Gasteiger partial charge in [0.25, 0.3) is 0 Å². The monoisotopic (exact) mass is 470 g/mol. The molecule has 0 saturated heterocycles. The lowest BCUT2D eigenvalue weighted by molar-refractivity contribution is -0.137. The summed E-state index contributed by atoms with van der Waals surface area (Å²) in [6.45, 7) is 1.37. The minimum atomic E-state index is -4.32. The molecule has 0 heterocycles. The highest BCUT2D eigenvalue weighted by atomic mass is 19.4. The van der Waals surface area contributed by atoms with E-state index in [1.807, 2.05) is 78.9 Å². The quantitative estimate of drug-likeness (QED) is 0.267. The molecular weight excluding hydrogens is 447 g/mol. The molecule has 0 spiro atoms. The number of hydrogen-bond acceptors (Lipinski definition) is 1. The van der Waals surface area contributed by atoms with Crippen LogP contribution in [0.1, 0.15) is 33.4 Å². The van der Waals surface area contributed by atoms with Gasteiger partial charge in [-0.3, -0.25) is 0 Å². The molecule has 2 nitrogen and oxygen atoms in total. The Morgan fingerprint density at radius 1 is 0.600 bits per heavy atom. The summed E-state index contributed by atoms with van der Waals surface area (Å²) in [6, 6.07) is 30.6. The molecule has 0 saturated carbocycles. The van der Waals surface area contributed by atoms with Gasteiger partial charge < -0.3 is 4.74 Å². The molecule has 1 radical (unpaired) electrons. The zero-order valence-corrected chi connectivity index (χ0v) is 18.9. The molecule has 0 aromatic heterocycles. The number of ether oxygens (including phenoxy) is 1. The van der Waals surface area contributed by atoms with Crippen molar-refractivity contribution < 1.29 is 17.9 Å². The van der Waals surface area contributed by atoms with Gasteiger partial charge in [0.2, 0.25) is 0 Å². The van der Waals surface area contributed by atoms with Crippen molar-refractivity contribution in [2.45, 2.75) is 25.9 Å². The first-order valence-electron chi connectivity index (χ1n) is 11.1. The number of benzene rings is 4. The molecule has 4 aromatic rings. The molecule has 0 aliphatic heterocycles. The molecule has 5 heteroatoms. The third kappa shape index (κ3) is 7.49. The number of halogens is 3. The summed E-state index contributed by atoms with van der Waals surface area (Å²) in [7, 11) is 0. The molecule has 175 valence electrons. The van der Waals surface area contributed by atoms with E-state index in [4.69, 9.17) is 4.74 Å². The smallest absolute Gasteiger partial charge is 0.416 e. The lowest BCUT2D eigenvalue weighted by Gasteiger charge is -2.08. The van der Waals surface area contributed by atoms with Crippen LogP contribution in [0, 0.1) is 11.8 Å². The normalized spacial score (nSPS) is 10.9. The SMILES string of the molecule is FC(F)(F)c1ccc(C[N]Cc2ccc(C#Cc3ccc(OCc4ccccc4)cc3)cc2)cc1. The first-order valence-corrected chi connectivity index (χ1v) is 11.1. The Hall–Kier alpha value is -4.01. The van der Waals surface area contributed by atoms with Crippen molar-refractivity contribution in [3.63, 3.8) is 0 Å². The molecule has 0 fully saturated rings. The van der Waals surface area contributed by atoms with E-state index in [0.29, 0.717) is 19.7 Å². The van der Waals surface area contributed by atoms with E-state index < -0.39 is 11.7 Å². The third-order valence-corrected chi connectivity index (χ3v) is 5.28. The van der Waals surface area contributed by atoms with Gasteiger partial charge >= 0.3 is 6.18 Å². The molecule has 35 heavy (non-hydrogen) atoms. The van der Waals surface area contributed by atoms with Gasteiger partial charge in [0.1, 0.15) is 12.4 Å². The summed E-state index contributed by atoms with van der Waals surface area (Å²) in [5.74, 6) is 7.10. The molecule has 4 aromatic carbocycles. The van der Waals surface area contributed by atoms with Gasteiger partial charge in [0, 0.05) is 24.2 Å². The van der Waals surface area contributed by atoms with Crippen LogP contribution in [0.25, 0.3) is 0 Å². The van der Waals surface area contributed by atoms with E-state index in [-0.39, 0.29) is 0 Å². The second kappa shape index (κ2) is 11.4. The standard InChI is InChI=1S/C30H23F3NO/c31-30(32,33)28-16-12-26(13-17-28)21-34-20-25-10-8-23(9-11-25)6-7-24-14-18-29(19-15-24)35-22-27-4-2-1-3-5-27/h1-5,8-19H,20-22H2. The zero-order valence-electron chi connectivity index (χ0n) is 18.9. The first-order chi connectivity index (χ1) is 17.0. The summed E-state index contributed by atoms with van der Waals surface area (Å²) in [4.78, 5) is 0. The lowest BCUT2D eigenvalue weighted by Crippen LogP contribution is -2.07. The summed E-state index contributed by atoms with van der Waals surface area (Å²) in [5.41, 5.74) is 4.02. The maximum Gasteiger partial charge on any atom is 0.416 e. The van der Waals surface area contributed by atoms with Crippen LogP contribution in [-0.4, -0.2) is 0 Å². The average molecular weight is 471 g/mol. The van der Waals surface area contributed by atoms with Gasteiger partial charge in [0.15, 0.2) is 0 Å². The molecule has 0 amide bonds. The molecular formula is C30H23F3NO. The third-order valence-electron chi connectivity index (χ3n) is 5.28. The van der Waals surface area contributed by atoms with E-state index in [9.17, 15) is 13.2 Å². The van der Waals surface area contributed by atoms with Crippen LogP contribution in [-0.2, 0) is 25.9 Å². The molecule has 0 unspecified atom stereocenters. The van der Waals surface area contributed by atoms with Crippen molar-refractivity contribution in [2.75, 3.05) is 0 Å². The van der Waals surface area contributed by atoms with Crippen LogP contribution in [0.3, 0.4) is 0 Å². The Morgan fingerprint density at radius 3 is 1.66 bits per heavy atom. The Kier molecular flexibility index (Phi) is 7.87. The minimum Gasteiger partial charge on any atom is -0.489 e. The minimum absolute atomic E-state index is 0.366. The van der Waals surface area contributed by atoms with Crippen molar-refractivity contribution >= 4 is 0 Å². The Morgan fingerprint density at radius 2 is 1.11 bits per heavy atom. The number of alkyl halides is 3. The highest BCUT2D eigenvalue weighted by molar-refractivity contribution is 5.45. The average Bonchev–Trinajstić information content (AvgIpc) is 2.88. The summed E-state index contributed by atoms with van der Waals surface area (Å²) in [6.07, 6.45) is -4.32. The van der Waals surface area contributed by atoms with E-state index in [0.717, 1.165) is 45.7 Å². The second-order valence-corrected chi connectivity index (χ2v) is 7.98. The van der Waals surface area contributed by atoms with Crippen molar-refractivity contribution in [3.8, 4) is 17.6 Å². The summed E-state index contributed by atoms with van der Waals surface area (Å²) in [5, 5.41) is 4.44. The maximum atomic E-state index is 12.6. The van der Waals surface area contributed by atoms with E-state index in [2.05, 4.69) is 17.2 Å². The zero-order chi connectivity index (χ0) is 24.5. The van der Waals surface area contributed by atoms with Gasteiger partial charge in [-0.1, -0.05) is 66.4 Å². The fourth-order valence-electron chi connectivity index (χ4n) is 3.33. The van der Waals surface area contributed by atoms with Crippen LogP contribution in [0.5, 0.6) is 5.75 Å². The van der Waals surface area contributed by atoms with Crippen LogP contribution in [0.2, 0.25) is 0 Å². The van der Waals surface area contributed by atoms with E-state index >= 15 is 0 Å². The van der Waals surface area contributed by atoms with Gasteiger partial charge in [-0.15, -0.1) is 0 Å². The number of rotatable bonds is 7. The fourth-order valence-corrected chi connectivity index (χ4v) is 3.33. The largest absolute Gasteiger partial charge is 0.489 e. The van der Waals surface area contributed by atoms with Crippen molar-refractivity contribution in [2.24, 2.45) is 0 Å². The van der Waals surface area contributed by atoms with E-state index in [1.54, 1.807) is 0 Å². The maximum absolute atomic E-state index is 12.6. The molecule has 0 atom stereocenters. The highest BCUT2D eigenvalue weighted by Gasteiger charge is 2.29. The fraction of sp³-hybridized carbons (Fsp3) is 0.133. The predicted molar refractivity (Wildman–Crippen MR) is 131 cm³/mol. The summed E-state index contributed by atoms with van der Waals surface area (Å²) >= 11 is 0. The molecule has 0 bridgehead atoms. The first kappa shape index (κ1) is 24.1. The van der Waals surface area contributed by atoms with Crippen LogP contribution in [0.15, 0.2) is 103 Å². The van der Waals surface area contributed by atoms with Crippen molar-refractivity contribution in [1.29, 1.82) is 0 Å². The van der Waals surface area contributed by atoms with Gasteiger partial charge in [-0.2, -0.15) is 13.2 Å². The summed E-state index contributed by atoms with van der Waals surface area (Å²) < 4.78 is 43.7. The molecule has 0 N–H and O–H groups in total. The number of hydrogen-bond donors (Lipinski definition) is 0. The molecule has 0 aliphatic carbocycles. The lowest BCUT2D eigenvalue weighted by atomic mass is 10.1. The van der Waals surface area contributed by atoms with Crippen molar-refractivity contribution in [3.05, 3.63) is 137 Å². The molecule has 4 rings (SSSR count). The highest BCUT2D eigenvalue weighted by Crippen LogP contribution is 2.29. The number of nitrogens with zero attached hydrogens (tertiary/aromatic N) is 1. The second-order valence-electron chi connectivity index (χ2n) is 7.98. The van der Waals surface area contributed by atoms with E-state index in [1.165, 1.54) is 12.1 Å². The van der Waals surface area contributed by atoms with Crippen molar-refractivity contribution in [1.82, 2.24) is 5.32 Å². The van der Waals surface area contributed by atoms with Gasteiger partial charge in [-0.05, 0) is 65.2 Å². The van der Waals surface area contributed by atoms with Crippen LogP contribution in [0.4, 0.5) is 13.2 Å². The van der Waals surface area contributed by atoms with Gasteiger partial charge in [0.05, 0.1) is 5.56 Å².